The molecule has 1 saturated heterocycles. The van der Waals surface area contributed by atoms with E-state index in [9.17, 15) is 18.7 Å². The summed E-state index contributed by atoms with van der Waals surface area (Å²) in [6.45, 7) is 2.93. The number of halogens is 3. The van der Waals surface area contributed by atoms with Crippen molar-refractivity contribution in [2.45, 2.75) is 33.0 Å². The molecule has 0 bridgehead atoms. The number of hydroxylamine groups is 2. The van der Waals surface area contributed by atoms with Crippen molar-refractivity contribution in [3.63, 3.8) is 0 Å². The topological polar surface area (TPSA) is 68.2 Å². The van der Waals surface area contributed by atoms with Crippen LogP contribution in [0.3, 0.4) is 0 Å². The number of benzene rings is 1. The highest BCUT2D eigenvalue weighted by atomic mass is 35.5. The maximum absolute atomic E-state index is 13.0. The molecule has 0 aliphatic carbocycles. The normalized spacial score (nSPS) is 24.9. The van der Waals surface area contributed by atoms with Gasteiger partial charge in [0.2, 0.25) is 0 Å². The second-order valence-electron chi connectivity index (χ2n) is 5.58. The molecule has 0 aromatic heterocycles. The molecule has 22 heavy (non-hydrogen) atoms. The number of alkyl halides is 2. The molecule has 3 rings (SSSR count). The number of ether oxygens (including phenoxy) is 2. The van der Waals surface area contributed by atoms with Crippen LogP contribution in [0.15, 0.2) is 12.1 Å². The Morgan fingerprint density at radius 3 is 2.45 bits per heavy atom. The van der Waals surface area contributed by atoms with E-state index in [0.29, 0.717) is 5.56 Å². The van der Waals surface area contributed by atoms with Gasteiger partial charge in [-0.1, -0.05) is 11.6 Å². The van der Waals surface area contributed by atoms with Crippen molar-refractivity contribution >= 4 is 17.5 Å². The van der Waals surface area contributed by atoms with E-state index in [0.717, 1.165) is 5.06 Å². The quantitative estimate of drug-likeness (QED) is 0.898. The molecule has 1 atom stereocenters. The van der Waals surface area contributed by atoms with Gasteiger partial charge in [-0.05, 0) is 25.5 Å². The van der Waals surface area contributed by atoms with Crippen LogP contribution in [0.25, 0.3) is 0 Å². The van der Waals surface area contributed by atoms with Crippen molar-refractivity contribution in [1.29, 1.82) is 0 Å². The van der Waals surface area contributed by atoms with Crippen LogP contribution in [-0.4, -0.2) is 28.7 Å². The summed E-state index contributed by atoms with van der Waals surface area (Å²) in [5, 5.41) is 10.8. The van der Waals surface area contributed by atoms with Crippen LogP contribution in [-0.2, 0) is 16.2 Å². The first-order valence-corrected chi connectivity index (χ1v) is 6.73. The van der Waals surface area contributed by atoms with E-state index < -0.39 is 23.9 Å². The number of aliphatic hydroxyl groups excluding tert-OH is 1. The van der Waals surface area contributed by atoms with Crippen molar-refractivity contribution in [2.75, 3.05) is 0 Å². The van der Waals surface area contributed by atoms with Gasteiger partial charge in [0.05, 0.1) is 12.0 Å². The summed E-state index contributed by atoms with van der Waals surface area (Å²) < 4.78 is 34.6. The fraction of sp³-hybridized carbons (Fsp3) is 0.462. The highest BCUT2D eigenvalue weighted by Crippen LogP contribution is 2.44. The summed E-state index contributed by atoms with van der Waals surface area (Å²) in [6, 6.07) is 2.42. The molecule has 2 aliphatic rings. The monoisotopic (exact) mass is 335 g/mol. The number of nitrogens with zero attached hydrogens (tertiary/aromatic N) is 1. The first kappa shape index (κ1) is 15.3. The molecular formula is C13H12ClF2NO5. The van der Waals surface area contributed by atoms with Crippen LogP contribution in [0.1, 0.15) is 19.4 Å². The van der Waals surface area contributed by atoms with Crippen LogP contribution < -0.4 is 9.47 Å². The van der Waals surface area contributed by atoms with Gasteiger partial charge in [-0.2, -0.15) is 0 Å². The Balaban J connectivity index is 1.85. The van der Waals surface area contributed by atoms with Crippen LogP contribution in [0.4, 0.5) is 8.78 Å². The standard InChI is InChI=1S/C13H12ClF2NO5/c1-12(2)10(18)17(22-11(12)19)5-6-3-8-9(4-7(6)14)21-13(15,16)20-8/h3-4,11,19H,5H2,1-2H3. The third-order valence-electron chi connectivity index (χ3n) is 3.51. The van der Waals surface area contributed by atoms with Crippen molar-refractivity contribution in [3.05, 3.63) is 22.7 Å². The summed E-state index contributed by atoms with van der Waals surface area (Å²) in [4.78, 5) is 17.2. The average Bonchev–Trinajstić information content (AvgIpc) is 2.78. The van der Waals surface area contributed by atoms with Gasteiger partial charge in [-0.3, -0.25) is 4.79 Å². The fourth-order valence-electron chi connectivity index (χ4n) is 2.13. The van der Waals surface area contributed by atoms with Gasteiger partial charge in [0.1, 0.15) is 0 Å². The number of rotatable bonds is 2. The Bertz CT molecular complexity index is 652. The van der Waals surface area contributed by atoms with E-state index in [-0.39, 0.29) is 23.1 Å². The molecule has 1 unspecified atom stereocenters. The number of hydrogen-bond acceptors (Lipinski definition) is 5. The van der Waals surface area contributed by atoms with E-state index in [4.69, 9.17) is 16.4 Å². The zero-order valence-corrected chi connectivity index (χ0v) is 12.4. The summed E-state index contributed by atoms with van der Waals surface area (Å²) in [7, 11) is 0. The van der Waals surface area contributed by atoms with Gasteiger partial charge < -0.3 is 14.6 Å². The average molecular weight is 336 g/mol. The second-order valence-corrected chi connectivity index (χ2v) is 5.99. The highest BCUT2D eigenvalue weighted by Gasteiger charge is 2.49. The van der Waals surface area contributed by atoms with Gasteiger partial charge in [-0.15, -0.1) is 8.78 Å². The van der Waals surface area contributed by atoms with Crippen molar-refractivity contribution in [1.82, 2.24) is 5.06 Å². The maximum atomic E-state index is 13.0. The van der Waals surface area contributed by atoms with Crippen LogP contribution in [0.5, 0.6) is 11.5 Å². The Hall–Kier alpha value is -1.64. The zero-order valence-electron chi connectivity index (χ0n) is 11.6. The highest BCUT2D eigenvalue weighted by molar-refractivity contribution is 6.31. The zero-order chi connectivity index (χ0) is 16.3. The molecule has 1 fully saturated rings. The van der Waals surface area contributed by atoms with E-state index in [1.165, 1.54) is 26.0 Å². The second kappa shape index (κ2) is 4.68. The molecule has 1 aromatic carbocycles. The Kier molecular flexibility index (Phi) is 3.24. The minimum absolute atomic E-state index is 0.107. The Morgan fingerprint density at radius 2 is 1.91 bits per heavy atom. The lowest BCUT2D eigenvalue weighted by Crippen LogP contribution is -2.32. The van der Waals surface area contributed by atoms with Gasteiger partial charge in [0, 0.05) is 11.1 Å². The van der Waals surface area contributed by atoms with E-state index in [1.807, 2.05) is 0 Å². The molecule has 1 N–H and O–H groups in total. The van der Waals surface area contributed by atoms with E-state index in [2.05, 4.69) is 9.47 Å². The summed E-state index contributed by atoms with van der Waals surface area (Å²) in [5.74, 6) is -0.817. The van der Waals surface area contributed by atoms with Crippen LogP contribution in [0, 0.1) is 5.41 Å². The maximum Gasteiger partial charge on any atom is 0.586 e. The predicted molar refractivity (Wildman–Crippen MR) is 69.1 cm³/mol. The molecule has 1 aromatic rings. The largest absolute Gasteiger partial charge is 0.586 e. The SMILES string of the molecule is CC1(C)C(=O)N(Cc2cc3c(cc2Cl)OC(F)(F)O3)OC1O. The summed E-state index contributed by atoms with van der Waals surface area (Å²) >= 11 is 6.00. The predicted octanol–water partition coefficient (Wildman–Crippen LogP) is 2.28. The third-order valence-corrected chi connectivity index (χ3v) is 3.86. The minimum Gasteiger partial charge on any atom is -0.395 e. The van der Waals surface area contributed by atoms with Crippen LogP contribution in [0.2, 0.25) is 5.02 Å². The molecule has 0 radical (unpaired) electrons. The van der Waals surface area contributed by atoms with Crippen molar-refractivity contribution in [2.24, 2.45) is 5.41 Å². The smallest absolute Gasteiger partial charge is 0.395 e. The van der Waals surface area contributed by atoms with Gasteiger partial charge in [0.15, 0.2) is 17.8 Å². The van der Waals surface area contributed by atoms with Gasteiger partial charge >= 0.3 is 6.29 Å². The Labute approximate surface area is 129 Å². The van der Waals surface area contributed by atoms with Crippen molar-refractivity contribution < 1.29 is 33.0 Å². The lowest BCUT2D eigenvalue weighted by atomic mass is 9.92. The number of aliphatic hydroxyl groups is 1. The molecule has 0 saturated carbocycles. The lowest BCUT2D eigenvalue weighted by Gasteiger charge is -2.16. The molecule has 1 amide bonds. The molecule has 120 valence electrons. The first-order valence-electron chi connectivity index (χ1n) is 6.35. The minimum atomic E-state index is -3.75. The van der Waals surface area contributed by atoms with Crippen LogP contribution >= 0.6 is 11.6 Å². The number of hydrogen-bond donors (Lipinski definition) is 1. The fourth-order valence-corrected chi connectivity index (χ4v) is 2.34. The molecule has 6 nitrogen and oxygen atoms in total. The number of fused-ring (bicyclic) bond motifs is 1. The van der Waals surface area contributed by atoms with E-state index >= 15 is 0 Å². The number of carbonyl (C=O) groups excluding carboxylic acids is 1. The molecule has 2 heterocycles. The molecule has 2 aliphatic heterocycles. The lowest BCUT2D eigenvalue weighted by molar-refractivity contribution is -0.286. The molecule has 0 spiro atoms. The summed E-state index contributed by atoms with van der Waals surface area (Å²) in [6.07, 6.45) is -5.04. The molecular weight excluding hydrogens is 324 g/mol. The number of amides is 1. The third kappa shape index (κ3) is 2.37. The Morgan fingerprint density at radius 1 is 1.32 bits per heavy atom. The van der Waals surface area contributed by atoms with Crippen molar-refractivity contribution in [3.8, 4) is 11.5 Å². The van der Waals surface area contributed by atoms with E-state index in [1.54, 1.807) is 0 Å². The van der Waals surface area contributed by atoms with Gasteiger partial charge in [0.25, 0.3) is 5.91 Å². The summed E-state index contributed by atoms with van der Waals surface area (Å²) in [5.41, 5.74) is -0.782. The van der Waals surface area contributed by atoms with Gasteiger partial charge in [-0.25, -0.2) is 9.90 Å². The molecule has 9 heteroatoms. The number of carbonyl (C=O) groups is 1. The first-order chi connectivity index (χ1) is 10.1.